The maximum Gasteiger partial charge on any atom is 0.269 e. The lowest BCUT2D eigenvalue weighted by molar-refractivity contribution is -0.384. The van der Waals surface area contributed by atoms with E-state index in [-0.39, 0.29) is 11.8 Å². The molecule has 0 saturated carbocycles. The van der Waals surface area contributed by atoms with Gasteiger partial charge in [0.25, 0.3) is 14.2 Å². The van der Waals surface area contributed by atoms with Gasteiger partial charge in [0.1, 0.15) is 0 Å². The number of nitro groups is 1. The Labute approximate surface area is 140 Å². The lowest BCUT2D eigenvalue weighted by Crippen LogP contribution is -2.27. The highest BCUT2D eigenvalue weighted by molar-refractivity contribution is 7.44. The standard InChI is InChI=1S/C13H17Cl2N2O4P/c14-6-8-16(9-7-15)22-20-10-5-13(21-22)11-1-3-12(4-2-11)17(18)19/h1-4,13H,5-10H2. The molecule has 0 aromatic heterocycles. The number of nitro benzene ring substituents is 1. The summed E-state index contributed by atoms with van der Waals surface area (Å²) < 4.78 is 13.7. The molecule has 0 spiro atoms. The molecule has 1 saturated heterocycles. The van der Waals surface area contributed by atoms with Crippen LogP contribution in [0.1, 0.15) is 18.1 Å². The molecule has 0 bridgehead atoms. The first-order chi connectivity index (χ1) is 10.7. The molecule has 1 aliphatic rings. The normalized spacial score (nSPS) is 22.0. The van der Waals surface area contributed by atoms with Crippen molar-refractivity contribution in [3.05, 3.63) is 39.9 Å². The molecule has 6 nitrogen and oxygen atoms in total. The van der Waals surface area contributed by atoms with E-state index in [0.29, 0.717) is 37.9 Å². The average molecular weight is 367 g/mol. The van der Waals surface area contributed by atoms with Gasteiger partial charge in [-0.3, -0.25) is 10.1 Å². The molecule has 0 amide bonds. The van der Waals surface area contributed by atoms with Crippen LogP contribution < -0.4 is 0 Å². The van der Waals surface area contributed by atoms with Gasteiger partial charge in [0, 0.05) is 43.4 Å². The van der Waals surface area contributed by atoms with E-state index >= 15 is 0 Å². The van der Waals surface area contributed by atoms with Crippen molar-refractivity contribution in [3.63, 3.8) is 0 Å². The zero-order valence-electron chi connectivity index (χ0n) is 11.9. The van der Waals surface area contributed by atoms with E-state index in [9.17, 15) is 10.1 Å². The molecule has 1 aliphatic heterocycles. The topological polar surface area (TPSA) is 64.8 Å². The van der Waals surface area contributed by atoms with Crippen LogP contribution in [0.25, 0.3) is 0 Å². The Balaban J connectivity index is 2.04. The highest BCUT2D eigenvalue weighted by atomic mass is 35.5. The summed E-state index contributed by atoms with van der Waals surface area (Å²) in [5.41, 5.74) is 0.988. The lowest BCUT2D eigenvalue weighted by Gasteiger charge is -2.35. The van der Waals surface area contributed by atoms with Crippen LogP contribution in [0.4, 0.5) is 5.69 Å². The first kappa shape index (κ1) is 17.9. The molecular weight excluding hydrogens is 350 g/mol. The van der Waals surface area contributed by atoms with E-state index in [0.717, 1.165) is 5.56 Å². The maximum atomic E-state index is 10.7. The minimum absolute atomic E-state index is 0.0731. The number of rotatable bonds is 7. The van der Waals surface area contributed by atoms with Crippen molar-refractivity contribution in [2.75, 3.05) is 31.5 Å². The van der Waals surface area contributed by atoms with E-state index in [1.54, 1.807) is 12.1 Å². The molecule has 122 valence electrons. The fraction of sp³-hybridized carbons (Fsp3) is 0.538. The number of alkyl halides is 2. The van der Waals surface area contributed by atoms with Crippen LogP contribution >= 0.6 is 31.7 Å². The molecule has 1 aromatic carbocycles. The lowest BCUT2D eigenvalue weighted by atomic mass is 10.1. The Kier molecular flexibility index (Phi) is 7.28. The fourth-order valence-electron chi connectivity index (χ4n) is 2.09. The fourth-order valence-corrected chi connectivity index (χ4v) is 4.32. The summed E-state index contributed by atoms with van der Waals surface area (Å²) in [4.78, 5) is 10.3. The van der Waals surface area contributed by atoms with E-state index in [1.807, 2.05) is 4.67 Å². The molecular formula is C13H17Cl2N2O4P. The zero-order valence-corrected chi connectivity index (χ0v) is 14.3. The van der Waals surface area contributed by atoms with Crippen molar-refractivity contribution in [2.45, 2.75) is 12.5 Å². The summed E-state index contributed by atoms with van der Waals surface area (Å²) in [6.07, 6.45) is 0.584. The summed E-state index contributed by atoms with van der Waals surface area (Å²) in [6.45, 7) is 1.87. The Hall–Kier alpha value is -0.490. The monoisotopic (exact) mass is 366 g/mol. The van der Waals surface area contributed by atoms with E-state index < -0.39 is 13.4 Å². The third-order valence-corrected chi connectivity index (χ3v) is 5.23. The van der Waals surface area contributed by atoms with Crippen LogP contribution in [0, 0.1) is 10.1 Å². The second-order valence-electron chi connectivity index (χ2n) is 4.63. The minimum Gasteiger partial charge on any atom is -0.322 e. The Bertz CT molecular complexity index is 485. The third kappa shape index (κ3) is 4.75. The molecule has 22 heavy (non-hydrogen) atoms. The van der Waals surface area contributed by atoms with Gasteiger partial charge in [0.2, 0.25) is 0 Å². The van der Waals surface area contributed by atoms with Gasteiger partial charge in [0.05, 0.1) is 17.6 Å². The number of non-ortho nitro benzene ring substituents is 1. The molecule has 1 fully saturated rings. The average Bonchev–Trinajstić information content (AvgIpc) is 2.55. The molecule has 1 heterocycles. The smallest absolute Gasteiger partial charge is 0.269 e. The van der Waals surface area contributed by atoms with Crippen LogP contribution in [0.2, 0.25) is 0 Å². The van der Waals surface area contributed by atoms with Crippen molar-refractivity contribution in [1.82, 2.24) is 4.67 Å². The molecule has 0 N–H and O–H groups in total. The number of hydrogen-bond acceptors (Lipinski definition) is 5. The van der Waals surface area contributed by atoms with Crippen LogP contribution in [0.15, 0.2) is 24.3 Å². The van der Waals surface area contributed by atoms with Gasteiger partial charge in [-0.25, -0.2) is 4.67 Å². The van der Waals surface area contributed by atoms with Crippen LogP contribution in [0.5, 0.6) is 0 Å². The predicted octanol–water partition coefficient (Wildman–Crippen LogP) is 4.08. The SMILES string of the molecule is O=[N+]([O-])c1ccc(C2CCOP(N(CCCl)CCCl)O2)cc1. The molecule has 2 rings (SSSR count). The van der Waals surface area contributed by atoms with Crippen molar-refractivity contribution in [1.29, 1.82) is 0 Å². The minimum atomic E-state index is -1.20. The predicted molar refractivity (Wildman–Crippen MR) is 87.4 cm³/mol. The largest absolute Gasteiger partial charge is 0.322 e. The third-order valence-electron chi connectivity index (χ3n) is 3.19. The van der Waals surface area contributed by atoms with Gasteiger partial charge < -0.3 is 9.05 Å². The number of benzene rings is 1. The molecule has 2 unspecified atom stereocenters. The summed E-state index contributed by atoms with van der Waals surface area (Å²) in [7, 11) is -1.20. The second kappa shape index (κ2) is 8.96. The van der Waals surface area contributed by atoms with Crippen molar-refractivity contribution < 1.29 is 14.0 Å². The summed E-state index contributed by atoms with van der Waals surface area (Å²) >= 11 is 11.6. The van der Waals surface area contributed by atoms with E-state index in [1.165, 1.54) is 12.1 Å². The van der Waals surface area contributed by atoms with E-state index in [4.69, 9.17) is 32.2 Å². The summed E-state index contributed by atoms with van der Waals surface area (Å²) in [5, 5.41) is 10.7. The molecule has 0 aliphatic carbocycles. The van der Waals surface area contributed by atoms with Crippen LogP contribution in [0.3, 0.4) is 0 Å². The highest BCUT2D eigenvalue weighted by Crippen LogP contribution is 2.51. The van der Waals surface area contributed by atoms with Crippen LogP contribution in [-0.4, -0.2) is 41.1 Å². The molecule has 0 radical (unpaired) electrons. The maximum absolute atomic E-state index is 10.7. The number of halogens is 2. The number of hydrogen-bond donors (Lipinski definition) is 0. The highest BCUT2D eigenvalue weighted by Gasteiger charge is 2.30. The van der Waals surface area contributed by atoms with Gasteiger partial charge in [-0.1, -0.05) is 0 Å². The van der Waals surface area contributed by atoms with E-state index in [2.05, 4.69) is 0 Å². The molecule has 9 heteroatoms. The molecule has 1 aromatic rings. The first-order valence-corrected chi connectivity index (χ1v) is 9.06. The van der Waals surface area contributed by atoms with Gasteiger partial charge in [-0.05, 0) is 17.7 Å². The zero-order chi connectivity index (χ0) is 15.9. The van der Waals surface area contributed by atoms with Crippen molar-refractivity contribution in [2.24, 2.45) is 0 Å². The van der Waals surface area contributed by atoms with Crippen molar-refractivity contribution in [3.8, 4) is 0 Å². The van der Waals surface area contributed by atoms with Crippen LogP contribution in [-0.2, 0) is 9.05 Å². The van der Waals surface area contributed by atoms with Crippen molar-refractivity contribution >= 4 is 37.4 Å². The summed E-state index contributed by atoms with van der Waals surface area (Å²) in [6, 6.07) is 6.45. The molecule has 2 atom stereocenters. The summed E-state index contributed by atoms with van der Waals surface area (Å²) in [5.74, 6) is 0.954. The quantitative estimate of drug-likeness (QED) is 0.315. The first-order valence-electron chi connectivity index (χ1n) is 6.86. The Morgan fingerprint density at radius 1 is 1.27 bits per heavy atom. The second-order valence-corrected chi connectivity index (χ2v) is 6.90. The van der Waals surface area contributed by atoms with Gasteiger partial charge in [-0.15, -0.1) is 23.2 Å². The van der Waals surface area contributed by atoms with Gasteiger partial charge >= 0.3 is 0 Å². The van der Waals surface area contributed by atoms with Gasteiger partial charge in [0.15, 0.2) is 0 Å². The Morgan fingerprint density at radius 2 is 1.91 bits per heavy atom. The van der Waals surface area contributed by atoms with Gasteiger partial charge in [-0.2, -0.15) is 0 Å². The number of nitrogens with zero attached hydrogens (tertiary/aromatic N) is 2. The Morgan fingerprint density at radius 3 is 2.45 bits per heavy atom.